The van der Waals surface area contributed by atoms with E-state index in [0.717, 1.165) is 12.8 Å². The predicted octanol–water partition coefficient (Wildman–Crippen LogP) is 2.32. The molecule has 2 heterocycles. The van der Waals surface area contributed by atoms with Crippen LogP contribution in [0.4, 0.5) is 0 Å². The molecule has 1 N–H and O–H groups in total. The molecule has 126 valence electrons. The topological polar surface area (TPSA) is 71.8 Å². The Labute approximate surface area is 140 Å². The fourth-order valence-electron chi connectivity index (χ4n) is 2.83. The van der Waals surface area contributed by atoms with Gasteiger partial charge < -0.3 is 19.4 Å². The first-order valence-corrected chi connectivity index (χ1v) is 7.95. The number of ether oxygens (including phenoxy) is 1. The third kappa shape index (κ3) is 3.59. The molecule has 6 nitrogen and oxygen atoms in total. The molecule has 2 aromatic rings. The van der Waals surface area contributed by atoms with Crippen LogP contribution in [0, 0.1) is 0 Å². The summed E-state index contributed by atoms with van der Waals surface area (Å²) in [6.45, 7) is 1.22. The van der Waals surface area contributed by atoms with E-state index < -0.39 is 0 Å². The summed E-state index contributed by atoms with van der Waals surface area (Å²) >= 11 is 0. The largest absolute Gasteiger partial charge is 0.497 e. The number of rotatable bonds is 4. The Bertz CT molecular complexity index is 704. The highest BCUT2D eigenvalue weighted by Crippen LogP contribution is 2.18. The van der Waals surface area contributed by atoms with Gasteiger partial charge in [-0.15, -0.1) is 0 Å². The Morgan fingerprint density at radius 2 is 2.00 bits per heavy atom. The molecule has 24 heavy (non-hydrogen) atoms. The standard InChI is InChI=1S/C18H20N2O4/c1-23-15-5-2-4-13(12-15)18(22)20-9-7-14(8-10-20)19-17(21)16-6-3-11-24-16/h2-6,11-12,14H,7-10H2,1H3,(H,19,21). The predicted molar refractivity (Wildman–Crippen MR) is 88.1 cm³/mol. The summed E-state index contributed by atoms with van der Waals surface area (Å²) in [6.07, 6.45) is 2.93. The number of hydrogen-bond donors (Lipinski definition) is 1. The molecule has 3 rings (SSSR count). The van der Waals surface area contributed by atoms with Crippen molar-refractivity contribution in [2.45, 2.75) is 18.9 Å². The Morgan fingerprint density at radius 1 is 1.21 bits per heavy atom. The summed E-state index contributed by atoms with van der Waals surface area (Å²) in [6, 6.07) is 10.5. The molecule has 0 bridgehead atoms. The normalized spacial score (nSPS) is 15.1. The molecule has 1 aliphatic rings. The van der Waals surface area contributed by atoms with E-state index in [2.05, 4.69) is 5.32 Å². The van der Waals surface area contributed by atoms with E-state index in [4.69, 9.17) is 9.15 Å². The van der Waals surface area contributed by atoms with Crippen LogP contribution in [0.5, 0.6) is 5.75 Å². The molecule has 0 aliphatic carbocycles. The summed E-state index contributed by atoms with van der Waals surface area (Å²) in [5.41, 5.74) is 0.618. The van der Waals surface area contributed by atoms with Gasteiger partial charge in [0.25, 0.3) is 11.8 Å². The minimum absolute atomic E-state index is 0.00953. The van der Waals surface area contributed by atoms with Crippen molar-refractivity contribution in [1.82, 2.24) is 10.2 Å². The third-order valence-electron chi connectivity index (χ3n) is 4.18. The molecular weight excluding hydrogens is 308 g/mol. The molecular formula is C18H20N2O4. The maximum atomic E-state index is 12.6. The number of likely N-dealkylation sites (tertiary alicyclic amines) is 1. The van der Waals surface area contributed by atoms with Gasteiger partial charge in [0.15, 0.2) is 5.76 Å². The van der Waals surface area contributed by atoms with E-state index in [9.17, 15) is 9.59 Å². The van der Waals surface area contributed by atoms with Gasteiger partial charge in [-0.2, -0.15) is 0 Å². The highest BCUT2D eigenvalue weighted by molar-refractivity contribution is 5.94. The van der Waals surface area contributed by atoms with Crippen molar-refractivity contribution in [3.8, 4) is 5.75 Å². The molecule has 6 heteroatoms. The lowest BCUT2D eigenvalue weighted by molar-refractivity contribution is 0.0695. The molecule has 0 atom stereocenters. The second kappa shape index (κ2) is 7.21. The fraction of sp³-hybridized carbons (Fsp3) is 0.333. The van der Waals surface area contributed by atoms with E-state index in [-0.39, 0.29) is 17.9 Å². The van der Waals surface area contributed by atoms with Crippen molar-refractivity contribution in [2.24, 2.45) is 0 Å². The van der Waals surface area contributed by atoms with Gasteiger partial charge in [-0.25, -0.2) is 0 Å². The summed E-state index contributed by atoms with van der Waals surface area (Å²) in [5, 5.41) is 2.95. The van der Waals surface area contributed by atoms with Gasteiger partial charge in [0.2, 0.25) is 0 Å². The van der Waals surface area contributed by atoms with Crippen LogP contribution >= 0.6 is 0 Å². The monoisotopic (exact) mass is 328 g/mol. The minimum atomic E-state index is -0.211. The van der Waals surface area contributed by atoms with Crippen LogP contribution in [-0.4, -0.2) is 43.0 Å². The van der Waals surface area contributed by atoms with Crippen molar-refractivity contribution in [3.05, 3.63) is 54.0 Å². The molecule has 1 fully saturated rings. The van der Waals surface area contributed by atoms with Crippen molar-refractivity contribution < 1.29 is 18.7 Å². The Hall–Kier alpha value is -2.76. The average Bonchev–Trinajstić information content (AvgIpc) is 3.16. The summed E-state index contributed by atoms with van der Waals surface area (Å²) in [4.78, 5) is 26.3. The summed E-state index contributed by atoms with van der Waals surface area (Å²) < 4.78 is 10.2. The zero-order valence-electron chi connectivity index (χ0n) is 13.5. The van der Waals surface area contributed by atoms with Gasteiger partial charge in [-0.3, -0.25) is 9.59 Å². The van der Waals surface area contributed by atoms with Crippen LogP contribution in [0.2, 0.25) is 0 Å². The summed E-state index contributed by atoms with van der Waals surface area (Å²) in [5.74, 6) is 0.758. The molecule has 1 aromatic heterocycles. The van der Waals surface area contributed by atoms with Crippen LogP contribution in [0.3, 0.4) is 0 Å². The molecule has 0 saturated carbocycles. The number of hydrogen-bond acceptors (Lipinski definition) is 4. The lowest BCUT2D eigenvalue weighted by Crippen LogP contribution is -2.46. The minimum Gasteiger partial charge on any atom is -0.497 e. The first-order valence-electron chi connectivity index (χ1n) is 7.95. The van der Waals surface area contributed by atoms with Crippen LogP contribution in [0.15, 0.2) is 47.1 Å². The van der Waals surface area contributed by atoms with Gasteiger partial charge in [0.05, 0.1) is 13.4 Å². The van der Waals surface area contributed by atoms with Crippen LogP contribution in [0.25, 0.3) is 0 Å². The fourth-order valence-corrected chi connectivity index (χ4v) is 2.83. The van der Waals surface area contributed by atoms with Crippen molar-refractivity contribution in [3.63, 3.8) is 0 Å². The lowest BCUT2D eigenvalue weighted by Gasteiger charge is -2.32. The quantitative estimate of drug-likeness (QED) is 0.935. The second-order valence-corrected chi connectivity index (χ2v) is 5.75. The Balaban J connectivity index is 1.54. The van der Waals surface area contributed by atoms with Crippen LogP contribution in [-0.2, 0) is 0 Å². The number of methoxy groups -OCH3 is 1. The van der Waals surface area contributed by atoms with Crippen molar-refractivity contribution in [1.29, 1.82) is 0 Å². The van der Waals surface area contributed by atoms with E-state index >= 15 is 0 Å². The van der Waals surface area contributed by atoms with Gasteiger partial charge in [-0.05, 0) is 43.2 Å². The van der Waals surface area contributed by atoms with Gasteiger partial charge in [0.1, 0.15) is 5.75 Å². The number of carbonyl (C=O) groups is 2. The van der Waals surface area contributed by atoms with Gasteiger partial charge >= 0.3 is 0 Å². The lowest BCUT2D eigenvalue weighted by atomic mass is 10.0. The Morgan fingerprint density at radius 3 is 2.67 bits per heavy atom. The number of piperidine rings is 1. The van der Waals surface area contributed by atoms with Gasteiger partial charge in [0, 0.05) is 24.7 Å². The number of amides is 2. The highest BCUT2D eigenvalue weighted by Gasteiger charge is 2.25. The van der Waals surface area contributed by atoms with Gasteiger partial charge in [-0.1, -0.05) is 6.07 Å². The maximum absolute atomic E-state index is 12.6. The first-order chi connectivity index (χ1) is 11.7. The Kier molecular flexibility index (Phi) is 4.84. The number of nitrogens with zero attached hydrogens (tertiary/aromatic N) is 1. The number of carbonyl (C=O) groups excluding carboxylic acids is 2. The number of furan rings is 1. The average molecular weight is 328 g/mol. The van der Waals surface area contributed by atoms with E-state index in [1.165, 1.54) is 6.26 Å². The molecule has 1 saturated heterocycles. The van der Waals surface area contributed by atoms with Crippen molar-refractivity contribution >= 4 is 11.8 Å². The third-order valence-corrected chi connectivity index (χ3v) is 4.18. The second-order valence-electron chi connectivity index (χ2n) is 5.75. The molecule has 1 aliphatic heterocycles. The van der Waals surface area contributed by atoms with E-state index in [0.29, 0.717) is 30.2 Å². The highest BCUT2D eigenvalue weighted by atomic mass is 16.5. The van der Waals surface area contributed by atoms with E-state index in [1.54, 1.807) is 31.4 Å². The number of nitrogens with one attached hydrogen (secondary N) is 1. The molecule has 2 amide bonds. The number of benzene rings is 1. The molecule has 0 radical (unpaired) electrons. The molecule has 1 aromatic carbocycles. The zero-order valence-corrected chi connectivity index (χ0v) is 13.5. The van der Waals surface area contributed by atoms with Crippen LogP contribution in [0.1, 0.15) is 33.8 Å². The zero-order chi connectivity index (χ0) is 16.9. The molecule has 0 spiro atoms. The van der Waals surface area contributed by atoms with Crippen molar-refractivity contribution in [2.75, 3.05) is 20.2 Å². The maximum Gasteiger partial charge on any atom is 0.287 e. The SMILES string of the molecule is COc1cccc(C(=O)N2CCC(NC(=O)c3ccco3)CC2)c1. The molecule has 0 unspecified atom stereocenters. The van der Waals surface area contributed by atoms with E-state index in [1.807, 2.05) is 17.0 Å². The first kappa shape index (κ1) is 16.1. The summed E-state index contributed by atoms with van der Waals surface area (Å²) in [7, 11) is 1.58. The smallest absolute Gasteiger partial charge is 0.287 e. The van der Waals surface area contributed by atoms with Crippen LogP contribution < -0.4 is 10.1 Å².